The molecule has 0 aromatic carbocycles. The van der Waals surface area contributed by atoms with Gasteiger partial charge in [0.15, 0.2) is 6.10 Å². The van der Waals surface area contributed by atoms with E-state index in [1.54, 1.807) is 0 Å². The normalized spacial score (nSPS) is 21.7. The van der Waals surface area contributed by atoms with E-state index in [9.17, 15) is 63.1 Å². The molecule has 0 saturated heterocycles. The molecule has 1 rings (SSSR count). The fourth-order valence-electron chi connectivity index (χ4n) is 7.36. The minimum Gasteiger partial charge on any atom is -0.462 e. The summed E-state index contributed by atoms with van der Waals surface area (Å²) >= 11 is 0. The van der Waals surface area contributed by atoms with Crippen molar-refractivity contribution in [3.63, 3.8) is 0 Å². The van der Waals surface area contributed by atoms with Gasteiger partial charge in [0.05, 0.1) is 6.61 Å². The van der Waals surface area contributed by atoms with Crippen molar-refractivity contribution < 1.29 is 90.6 Å². The number of esters is 2. The third-order valence-electron chi connectivity index (χ3n) is 11.1. The molecule has 69 heavy (non-hydrogen) atoms. The number of ether oxygens (including phenoxy) is 2. The molecule has 1 saturated carbocycles. The predicted octanol–water partition coefficient (Wildman–Crippen LogP) is 9.40. The average Bonchev–Trinajstić information content (AvgIpc) is 3.28. The zero-order valence-corrected chi connectivity index (χ0v) is 43.6. The molecular weight excluding hydrogens is 961 g/mol. The van der Waals surface area contributed by atoms with Crippen LogP contribution in [0.5, 0.6) is 0 Å². The van der Waals surface area contributed by atoms with Crippen molar-refractivity contribution in [2.24, 2.45) is 0 Å². The van der Waals surface area contributed by atoms with Gasteiger partial charge in [-0.2, -0.15) is 0 Å². The summed E-state index contributed by atoms with van der Waals surface area (Å²) in [5.74, 6) is -1.37. The van der Waals surface area contributed by atoms with Crippen LogP contribution >= 0.6 is 23.5 Å². The lowest BCUT2D eigenvalue weighted by Crippen LogP contribution is -2.65. The minimum atomic E-state index is -5.61. The summed E-state index contributed by atoms with van der Waals surface area (Å²) in [5, 5.41) is 31.9. The standard InChI is InChI=1S/C47H85O19P3/c1-3-5-7-9-11-13-15-17-19-20-22-23-25-27-29-31-33-35-40(48)61-37-39(63-41(49)36-34-32-30-28-26-24-21-18-16-14-12-10-8-6-4-2)38-62-69(59,60)66-45-42(50)43(51)46(64-67(53,54)55)47(44(45)52)65-68(56,57)58/h17-19,21-23,27,29,39,42-47,50-52H,3-16,20,24-26,28,30-38H2,1-2H3,(H,59,60)(H2,53,54,55)(H2,56,57,58)/b19-17-,21-18-,23-22-,29-27-/t39-,42?,43?,44?,45+,46?,47+/m1/s1. The summed E-state index contributed by atoms with van der Waals surface area (Å²) in [6.45, 7) is 2.89. The van der Waals surface area contributed by atoms with Crippen molar-refractivity contribution in [2.75, 3.05) is 13.2 Å². The van der Waals surface area contributed by atoms with E-state index in [1.165, 1.54) is 77.0 Å². The number of unbranched alkanes of at least 4 members (excludes halogenated alkanes) is 18. The van der Waals surface area contributed by atoms with Gasteiger partial charge >= 0.3 is 35.4 Å². The van der Waals surface area contributed by atoms with Gasteiger partial charge in [0.1, 0.15) is 43.2 Å². The van der Waals surface area contributed by atoms with E-state index in [4.69, 9.17) is 18.5 Å². The second-order valence-corrected chi connectivity index (χ2v) is 21.2. The minimum absolute atomic E-state index is 0.00593. The molecule has 8 atom stereocenters. The van der Waals surface area contributed by atoms with Crippen LogP contribution in [0.15, 0.2) is 48.6 Å². The van der Waals surface area contributed by atoms with Crippen LogP contribution in [0, 0.1) is 0 Å². The van der Waals surface area contributed by atoms with Crippen LogP contribution in [-0.2, 0) is 50.9 Å². The van der Waals surface area contributed by atoms with Crippen LogP contribution in [0.1, 0.15) is 181 Å². The van der Waals surface area contributed by atoms with Crippen LogP contribution < -0.4 is 0 Å². The Morgan fingerprint density at radius 2 is 0.855 bits per heavy atom. The maximum atomic E-state index is 13.1. The van der Waals surface area contributed by atoms with E-state index in [-0.39, 0.29) is 12.8 Å². The first-order chi connectivity index (χ1) is 32.8. The molecule has 1 fully saturated rings. The molecule has 0 radical (unpaired) electrons. The molecular formula is C47H85O19P3. The van der Waals surface area contributed by atoms with E-state index in [2.05, 4.69) is 59.4 Å². The van der Waals surface area contributed by atoms with E-state index < -0.39 is 91.3 Å². The van der Waals surface area contributed by atoms with Crippen molar-refractivity contribution in [1.82, 2.24) is 0 Å². The molecule has 19 nitrogen and oxygen atoms in total. The maximum Gasteiger partial charge on any atom is 0.472 e. The number of aliphatic hydroxyl groups is 3. The van der Waals surface area contributed by atoms with Crippen molar-refractivity contribution in [3.8, 4) is 0 Å². The number of aliphatic hydroxyl groups excluding tert-OH is 3. The van der Waals surface area contributed by atoms with E-state index in [0.29, 0.717) is 19.3 Å². The van der Waals surface area contributed by atoms with Gasteiger partial charge in [-0.05, 0) is 70.6 Å². The Bertz CT molecular complexity index is 1630. The molecule has 0 amide bonds. The molecule has 0 aromatic heterocycles. The van der Waals surface area contributed by atoms with E-state index in [0.717, 1.165) is 57.8 Å². The molecule has 0 aromatic rings. The lowest BCUT2D eigenvalue weighted by molar-refractivity contribution is -0.213. The van der Waals surface area contributed by atoms with Crippen LogP contribution in [0.3, 0.4) is 0 Å². The molecule has 402 valence electrons. The zero-order chi connectivity index (χ0) is 51.4. The largest absolute Gasteiger partial charge is 0.472 e. The third kappa shape index (κ3) is 35.0. The Balaban J connectivity index is 2.75. The number of rotatable bonds is 42. The van der Waals surface area contributed by atoms with Crippen LogP contribution in [0.25, 0.3) is 0 Å². The highest BCUT2D eigenvalue weighted by atomic mass is 31.2. The molecule has 0 bridgehead atoms. The fourth-order valence-corrected chi connectivity index (χ4v) is 9.45. The summed E-state index contributed by atoms with van der Waals surface area (Å²) in [6.07, 6.45) is 25.6. The number of carbonyl (C=O) groups excluding carboxylic acids is 2. The lowest BCUT2D eigenvalue weighted by atomic mass is 9.85. The summed E-state index contributed by atoms with van der Waals surface area (Å²) < 4.78 is 65.5. The summed E-state index contributed by atoms with van der Waals surface area (Å²) in [5.41, 5.74) is 0. The van der Waals surface area contributed by atoms with Crippen LogP contribution in [0.4, 0.5) is 0 Å². The van der Waals surface area contributed by atoms with Crippen molar-refractivity contribution in [2.45, 2.75) is 224 Å². The predicted molar refractivity (Wildman–Crippen MR) is 261 cm³/mol. The molecule has 0 heterocycles. The van der Waals surface area contributed by atoms with Gasteiger partial charge in [0.25, 0.3) is 0 Å². The Hall–Kier alpha value is -1.89. The smallest absolute Gasteiger partial charge is 0.462 e. The Morgan fingerprint density at radius 3 is 1.35 bits per heavy atom. The summed E-state index contributed by atoms with van der Waals surface area (Å²) in [4.78, 5) is 73.2. The second-order valence-electron chi connectivity index (χ2n) is 17.4. The summed E-state index contributed by atoms with van der Waals surface area (Å²) in [6, 6.07) is 0. The lowest BCUT2D eigenvalue weighted by Gasteiger charge is -2.44. The van der Waals surface area contributed by atoms with Gasteiger partial charge in [0.2, 0.25) is 0 Å². The van der Waals surface area contributed by atoms with Gasteiger partial charge < -0.3 is 49.3 Å². The Kier molecular flexibility index (Phi) is 36.5. The molecule has 22 heteroatoms. The first kappa shape index (κ1) is 65.1. The SMILES string of the molecule is CCCCCCCC/C=C\C/C=C\C/C=C\CCCC(=O)OC[C@H](COP(=O)(O)O[C@H]1C(O)C(O)C(OP(=O)(O)O)[C@@H](OP(=O)(O)O)C1O)OC(=O)CCCCCCC/C=C\CCCCCCCC. The third-order valence-corrected chi connectivity index (χ3v) is 13.1. The first-order valence-electron chi connectivity index (χ1n) is 24.9. The molecule has 1 aliphatic carbocycles. The molecule has 1 aliphatic rings. The fraction of sp³-hybridized carbons (Fsp3) is 0.787. The number of allylic oxidation sites excluding steroid dienone is 8. The van der Waals surface area contributed by atoms with Crippen molar-refractivity contribution in [3.05, 3.63) is 48.6 Å². The second kappa shape index (κ2) is 38.7. The quantitative estimate of drug-likeness (QED) is 0.0122. The van der Waals surface area contributed by atoms with Crippen LogP contribution in [0.2, 0.25) is 0 Å². The van der Waals surface area contributed by atoms with Crippen LogP contribution in [-0.4, -0.2) is 108 Å². The number of phosphoric acid groups is 3. The molecule has 0 spiro atoms. The highest BCUT2D eigenvalue weighted by Gasteiger charge is 2.56. The van der Waals surface area contributed by atoms with Gasteiger partial charge in [-0.1, -0.05) is 146 Å². The van der Waals surface area contributed by atoms with E-state index in [1.807, 2.05) is 12.2 Å². The van der Waals surface area contributed by atoms with Crippen molar-refractivity contribution in [1.29, 1.82) is 0 Å². The maximum absolute atomic E-state index is 13.1. The highest BCUT2D eigenvalue weighted by molar-refractivity contribution is 7.47. The van der Waals surface area contributed by atoms with Gasteiger partial charge in [-0.3, -0.25) is 27.7 Å². The van der Waals surface area contributed by atoms with Crippen molar-refractivity contribution >= 4 is 35.4 Å². The summed E-state index contributed by atoms with van der Waals surface area (Å²) in [7, 11) is -16.6. The van der Waals surface area contributed by atoms with Gasteiger partial charge in [0, 0.05) is 12.8 Å². The molecule has 8 N–H and O–H groups in total. The van der Waals surface area contributed by atoms with E-state index >= 15 is 0 Å². The Labute approximate surface area is 410 Å². The topological polar surface area (TPSA) is 303 Å². The number of hydrogen-bond donors (Lipinski definition) is 8. The number of hydrogen-bond acceptors (Lipinski definition) is 14. The number of carbonyl (C=O) groups is 2. The molecule has 5 unspecified atom stereocenters. The number of phosphoric ester groups is 3. The zero-order valence-electron chi connectivity index (χ0n) is 40.9. The first-order valence-corrected chi connectivity index (χ1v) is 29.5. The van der Waals surface area contributed by atoms with Gasteiger partial charge in [-0.15, -0.1) is 0 Å². The Morgan fingerprint density at radius 1 is 0.464 bits per heavy atom. The monoisotopic (exact) mass is 1050 g/mol. The molecule has 0 aliphatic heterocycles. The average molecular weight is 1050 g/mol. The highest BCUT2D eigenvalue weighted by Crippen LogP contribution is 2.51. The van der Waals surface area contributed by atoms with Gasteiger partial charge in [-0.25, -0.2) is 13.7 Å².